The molecular weight excluding hydrogens is 236 g/mol. The molecule has 2 rings (SSSR count). The van der Waals surface area contributed by atoms with Crippen LogP contribution in [0.5, 0.6) is 0 Å². The van der Waals surface area contributed by atoms with Crippen LogP contribution in [0, 0.1) is 12.8 Å². The van der Waals surface area contributed by atoms with Crippen molar-refractivity contribution in [2.75, 3.05) is 19.6 Å². The SMILES string of the molecule is CCCNC1CCN(Cc2ccnc(C)n2)CC1C. The number of hydrogen-bond donors (Lipinski definition) is 1. The highest BCUT2D eigenvalue weighted by Gasteiger charge is 2.25. The van der Waals surface area contributed by atoms with Gasteiger partial charge in [0, 0.05) is 31.9 Å². The molecule has 1 fully saturated rings. The molecule has 1 saturated heterocycles. The molecule has 0 aliphatic carbocycles. The van der Waals surface area contributed by atoms with E-state index in [1.54, 1.807) is 0 Å². The summed E-state index contributed by atoms with van der Waals surface area (Å²) in [5.74, 6) is 1.58. The van der Waals surface area contributed by atoms with E-state index in [1.807, 2.05) is 19.2 Å². The summed E-state index contributed by atoms with van der Waals surface area (Å²) >= 11 is 0. The van der Waals surface area contributed by atoms with Crippen molar-refractivity contribution in [3.05, 3.63) is 23.8 Å². The van der Waals surface area contributed by atoms with E-state index in [0.29, 0.717) is 12.0 Å². The lowest BCUT2D eigenvalue weighted by Gasteiger charge is -2.37. The Kier molecular flexibility index (Phi) is 5.28. The molecule has 0 radical (unpaired) electrons. The van der Waals surface area contributed by atoms with Crippen molar-refractivity contribution in [3.8, 4) is 0 Å². The number of aromatic nitrogens is 2. The minimum Gasteiger partial charge on any atom is -0.314 e. The van der Waals surface area contributed by atoms with Gasteiger partial charge in [-0.25, -0.2) is 9.97 Å². The predicted octanol–water partition coefficient (Wildman–Crippen LogP) is 2.00. The molecule has 4 heteroatoms. The van der Waals surface area contributed by atoms with Crippen molar-refractivity contribution < 1.29 is 0 Å². The molecule has 1 aliphatic heterocycles. The summed E-state index contributed by atoms with van der Waals surface area (Å²) in [5, 5.41) is 3.66. The van der Waals surface area contributed by atoms with Crippen LogP contribution in [0.3, 0.4) is 0 Å². The maximum absolute atomic E-state index is 4.49. The Morgan fingerprint density at radius 1 is 1.47 bits per heavy atom. The van der Waals surface area contributed by atoms with E-state index in [4.69, 9.17) is 0 Å². The second kappa shape index (κ2) is 6.96. The maximum atomic E-state index is 4.49. The van der Waals surface area contributed by atoms with Gasteiger partial charge in [0.2, 0.25) is 0 Å². The van der Waals surface area contributed by atoms with Crippen LogP contribution in [-0.2, 0) is 6.54 Å². The first-order valence-corrected chi connectivity index (χ1v) is 7.43. The van der Waals surface area contributed by atoms with Crippen molar-refractivity contribution >= 4 is 0 Å². The Hall–Kier alpha value is -1.00. The number of nitrogens with one attached hydrogen (secondary N) is 1. The molecule has 1 aliphatic rings. The minimum atomic E-state index is 0.684. The largest absolute Gasteiger partial charge is 0.314 e. The summed E-state index contributed by atoms with van der Waals surface area (Å²) in [6.45, 7) is 10.9. The number of likely N-dealkylation sites (tertiary alicyclic amines) is 1. The molecule has 106 valence electrons. The number of nitrogens with zero attached hydrogens (tertiary/aromatic N) is 3. The Morgan fingerprint density at radius 3 is 3.00 bits per heavy atom. The van der Waals surface area contributed by atoms with Crippen LogP contribution in [0.4, 0.5) is 0 Å². The standard InChI is InChI=1S/C15H26N4/c1-4-7-17-15-6-9-19(10-12(15)2)11-14-5-8-16-13(3)18-14/h5,8,12,15,17H,4,6-7,9-11H2,1-3H3. The monoisotopic (exact) mass is 262 g/mol. The van der Waals surface area contributed by atoms with E-state index in [0.717, 1.165) is 37.7 Å². The lowest BCUT2D eigenvalue weighted by Crippen LogP contribution is -2.48. The molecule has 1 aromatic rings. The molecule has 1 aromatic heterocycles. The maximum Gasteiger partial charge on any atom is 0.125 e. The van der Waals surface area contributed by atoms with Crippen molar-refractivity contribution in [1.29, 1.82) is 0 Å². The van der Waals surface area contributed by atoms with Gasteiger partial charge in [0.25, 0.3) is 0 Å². The highest BCUT2D eigenvalue weighted by molar-refractivity contribution is 5.02. The topological polar surface area (TPSA) is 41.0 Å². The first-order valence-electron chi connectivity index (χ1n) is 7.43. The van der Waals surface area contributed by atoms with Gasteiger partial charge >= 0.3 is 0 Å². The normalized spacial score (nSPS) is 24.6. The third kappa shape index (κ3) is 4.25. The predicted molar refractivity (Wildman–Crippen MR) is 77.9 cm³/mol. The number of rotatable bonds is 5. The van der Waals surface area contributed by atoms with Gasteiger partial charge in [-0.15, -0.1) is 0 Å². The van der Waals surface area contributed by atoms with Crippen LogP contribution >= 0.6 is 0 Å². The zero-order chi connectivity index (χ0) is 13.7. The van der Waals surface area contributed by atoms with E-state index in [1.165, 1.54) is 12.8 Å². The van der Waals surface area contributed by atoms with Gasteiger partial charge in [-0.05, 0) is 38.3 Å². The fourth-order valence-corrected chi connectivity index (χ4v) is 2.83. The first kappa shape index (κ1) is 14.4. The highest BCUT2D eigenvalue weighted by Crippen LogP contribution is 2.18. The Balaban J connectivity index is 1.84. The van der Waals surface area contributed by atoms with Crippen LogP contribution in [-0.4, -0.2) is 40.5 Å². The van der Waals surface area contributed by atoms with Crippen molar-refractivity contribution in [2.45, 2.75) is 46.2 Å². The Bertz CT molecular complexity index is 393. The molecule has 0 saturated carbocycles. The lowest BCUT2D eigenvalue weighted by molar-refractivity contribution is 0.140. The number of aryl methyl sites for hydroxylation is 1. The van der Waals surface area contributed by atoms with E-state index >= 15 is 0 Å². The van der Waals surface area contributed by atoms with Gasteiger partial charge < -0.3 is 5.32 Å². The van der Waals surface area contributed by atoms with Crippen LogP contribution in [0.15, 0.2) is 12.3 Å². The molecule has 19 heavy (non-hydrogen) atoms. The van der Waals surface area contributed by atoms with E-state index in [-0.39, 0.29) is 0 Å². The van der Waals surface area contributed by atoms with E-state index in [2.05, 4.69) is 34.0 Å². The molecular formula is C15H26N4. The fourth-order valence-electron chi connectivity index (χ4n) is 2.83. The third-order valence-electron chi connectivity index (χ3n) is 3.87. The lowest BCUT2D eigenvalue weighted by atomic mass is 9.93. The van der Waals surface area contributed by atoms with Gasteiger partial charge in [0.1, 0.15) is 5.82 Å². The smallest absolute Gasteiger partial charge is 0.125 e. The highest BCUT2D eigenvalue weighted by atomic mass is 15.2. The summed E-state index contributed by atoms with van der Waals surface area (Å²) in [7, 11) is 0. The zero-order valence-electron chi connectivity index (χ0n) is 12.4. The quantitative estimate of drug-likeness (QED) is 0.881. The van der Waals surface area contributed by atoms with Gasteiger partial charge in [0.05, 0.1) is 5.69 Å². The van der Waals surface area contributed by atoms with Gasteiger partial charge in [0.15, 0.2) is 0 Å². The van der Waals surface area contributed by atoms with Crippen LogP contribution < -0.4 is 5.32 Å². The molecule has 2 heterocycles. The molecule has 4 nitrogen and oxygen atoms in total. The van der Waals surface area contributed by atoms with E-state index < -0.39 is 0 Å². The molecule has 0 aromatic carbocycles. The van der Waals surface area contributed by atoms with Crippen molar-refractivity contribution in [2.24, 2.45) is 5.92 Å². The third-order valence-corrected chi connectivity index (χ3v) is 3.87. The Labute approximate surface area is 116 Å². The van der Waals surface area contributed by atoms with Gasteiger partial charge in [-0.1, -0.05) is 13.8 Å². The Morgan fingerprint density at radius 2 is 2.32 bits per heavy atom. The molecule has 0 spiro atoms. The molecule has 0 bridgehead atoms. The molecule has 1 N–H and O–H groups in total. The number of hydrogen-bond acceptors (Lipinski definition) is 4. The van der Waals surface area contributed by atoms with Gasteiger partial charge in [-0.2, -0.15) is 0 Å². The first-order chi connectivity index (χ1) is 9.19. The van der Waals surface area contributed by atoms with Crippen molar-refractivity contribution in [1.82, 2.24) is 20.2 Å². The molecule has 2 unspecified atom stereocenters. The second-order valence-electron chi connectivity index (χ2n) is 5.66. The summed E-state index contributed by atoms with van der Waals surface area (Å²) in [4.78, 5) is 11.2. The summed E-state index contributed by atoms with van der Waals surface area (Å²) < 4.78 is 0. The van der Waals surface area contributed by atoms with Crippen LogP contribution in [0.1, 0.15) is 38.2 Å². The number of piperidine rings is 1. The fraction of sp³-hybridized carbons (Fsp3) is 0.733. The minimum absolute atomic E-state index is 0.684. The van der Waals surface area contributed by atoms with E-state index in [9.17, 15) is 0 Å². The van der Waals surface area contributed by atoms with Crippen LogP contribution in [0.2, 0.25) is 0 Å². The van der Waals surface area contributed by atoms with Crippen LogP contribution in [0.25, 0.3) is 0 Å². The van der Waals surface area contributed by atoms with Crippen molar-refractivity contribution in [3.63, 3.8) is 0 Å². The second-order valence-corrected chi connectivity index (χ2v) is 5.66. The summed E-state index contributed by atoms with van der Waals surface area (Å²) in [6, 6.07) is 2.71. The average Bonchev–Trinajstić information content (AvgIpc) is 2.38. The van der Waals surface area contributed by atoms with Gasteiger partial charge in [-0.3, -0.25) is 4.90 Å². The zero-order valence-corrected chi connectivity index (χ0v) is 12.4. The summed E-state index contributed by atoms with van der Waals surface area (Å²) in [5.41, 5.74) is 1.14. The molecule has 0 amide bonds. The summed E-state index contributed by atoms with van der Waals surface area (Å²) in [6.07, 6.45) is 4.31. The molecule has 2 atom stereocenters. The average molecular weight is 262 g/mol.